The average Bonchev–Trinajstić information content (AvgIpc) is 3.29. The topological polar surface area (TPSA) is 63.2 Å². The number of rotatable bonds is 5. The van der Waals surface area contributed by atoms with Gasteiger partial charge < -0.3 is 14.8 Å². The maximum absolute atomic E-state index is 13.6. The van der Waals surface area contributed by atoms with Crippen LogP contribution in [0.25, 0.3) is 6.08 Å². The predicted molar refractivity (Wildman–Crippen MR) is 144 cm³/mol. The van der Waals surface area contributed by atoms with Gasteiger partial charge in [0.15, 0.2) is 0 Å². The van der Waals surface area contributed by atoms with Gasteiger partial charge in [-0.15, -0.1) is 0 Å². The van der Waals surface area contributed by atoms with E-state index < -0.39 is 0 Å². The van der Waals surface area contributed by atoms with Gasteiger partial charge in [-0.1, -0.05) is 54.1 Å². The molecule has 1 heterocycles. The molecule has 2 amide bonds. The molecule has 0 spiro atoms. The van der Waals surface area contributed by atoms with E-state index >= 15 is 0 Å². The molecule has 0 saturated heterocycles. The summed E-state index contributed by atoms with van der Waals surface area (Å²) < 4.78 is 11.3. The molecule has 2 unspecified atom stereocenters. The maximum atomic E-state index is 13.6. The first-order valence-electron chi connectivity index (χ1n) is 12.0. The van der Waals surface area contributed by atoms with Crippen LogP contribution in [0.15, 0.2) is 83.5 Å². The first-order chi connectivity index (χ1) is 17.6. The Morgan fingerprint density at radius 2 is 1.78 bits per heavy atom. The van der Waals surface area contributed by atoms with Crippen molar-refractivity contribution in [1.82, 2.24) is 5.01 Å². The van der Waals surface area contributed by atoms with Gasteiger partial charge in [0.1, 0.15) is 11.5 Å². The fraction of sp³-hybridized carbons (Fsp3) is 0.241. The zero-order chi connectivity index (χ0) is 25.1. The Kier molecular flexibility index (Phi) is 6.96. The highest BCUT2D eigenvalue weighted by Crippen LogP contribution is 2.47. The fourth-order valence-corrected chi connectivity index (χ4v) is 5.30. The van der Waals surface area contributed by atoms with Gasteiger partial charge in [-0.3, -0.25) is 0 Å². The van der Waals surface area contributed by atoms with Crippen LogP contribution < -0.4 is 14.8 Å². The molecule has 2 aliphatic rings. The van der Waals surface area contributed by atoms with Gasteiger partial charge in [0, 0.05) is 27.8 Å². The Hall–Kier alpha value is -3.77. The van der Waals surface area contributed by atoms with Crippen LogP contribution >= 0.6 is 11.6 Å². The number of methoxy groups -OCH3 is 2. The normalized spacial score (nSPS) is 20.0. The van der Waals surface area contributed by atoms with E-state index in [-0.39, 0.29) is 18.0 Å². The van der Waals surface area contributed by atoms with E-state index in [1.54, 1.807) is 37.4 Å². The third-order valence-corrected chi connectivity index (χ3v) is 6.95. The number of fused-ring (bicyclic) bond motifs is 1. The Labute approximate surface area is 216 Å². The monoisotopic (exact) mass is 501 g/mol. The molecule has 1 N–H and O–H groups in total. The second kappa shape index (κ2) is 10.5. The predicted octanol–water partition coefficient (Wildman–Crippen LogP) is 7.19. The number of urea groups is 1. The molecule has 2 atom stereocenters. The molecule has 184 valence electrons. The third kappa shape index (κ3) is 4.69. The van der Waals surface area contributed by atoms with Crippen LogP contribution in [0.3, 0.4) is 0 Å². The van der Waals surface area contributed by atoms with Crippen LogP contribution in [0.1, 0.15) is 36.4 Å². The fourth-order valence-electron chi connectivity index (χ4n) is 5.11. The van der Waals surface area contributed by atoms with Crippen molar-refractivity contribution in [1.29, 1.82) is 0 Å². The molecule has 5 rings (SSSR count). The summed E-state index contributed by atoms with van der Waals surface area (Å²) in [6.45, 7) is 0. The van der Waals surface area contributed by atoms with E-state index in [2.05, 4.69) is 11.4 Å². The minimum absolute atomic E-state index is 0.0427. The van der Waals surface area contributed by atoms with Gasteiger partial charge in [0.05, 0.1) is 26.0 Å². The number of carbonyl (C=O) groups is 1. The summed E-state index contributed by atoms with van der Waals surface area (Å²) >= 11 is 6.15. The maximum Gasteiger partial charge on any atom is 0.342 e. The van der Waals surface area contributed by atoms with Crippen molar-refractivity contribution in [2.75, 3.05) is 19.5 Å². The first-order valence-corrected chi connectivity index (χ1v) is 12.4. The standard InChI is InChI=1S/C29H28ClN3O3/c1-35-25-15-5-3-9-19(25)17-20-10-7-14-24-27(20)32-33(28(24)23-13-4-6-16-26(23)36-2)29(34)31-22-12-8-11-21(30)18-22/h3-6,8-9,11-13,15-18,24,28H,7,10,14H2,1-2H3,(H,31,34)/b20-17-. The van der Waals surface area contributed by atoms with E-state index in [0.29, 0.717) is 10.7 Å². The number of carbonyl (C=O) groups excluding carboxylic acids is 1. The van der Waals surface area contributed by atoms with Crippen LogP contribution in [-0.2, 0) is 0 Å². The average molecular weight is 502 g/mol. The molecule has 1 aliphatic heterocycles. The number of ether oxygens (including phenoxy) is 2. The van der Waals surface area contributed by atoms with Crippen LogP contribution in [0, 0.1) is 5.92 Å². The molecule has 1 aliphatic carbocycles. The lowest BCUT2D eigenvalue weighted by Gasteiger charge is -2.30. The number of nitrogens with one attached hydrogen (secondary N) is 1. The lowest BCUT2D eigenvalue weighted by atomic mass is 9.77. The number of para-hydroxylation sites is 2. The Morgan fingerprint density at radius 1 is 1.03 bits per heavy atom. The van der Waals surface area contributed by atoms with Crippen molar-refractivity contribution in [3.05, 3.63) is 94.5 Å². The number of hydrazone groups is 1. The van der Waals surface area contributed by atoms with Gasteiger partial charge in [-0.05, 0) is 61.2 Å². The summed E-state index contributed by atoms with van der Waals surface area (Å²) in [5.74, 6) is 1.59. The van der Waals surface area contributed by atoms with Gasteiger partial charge in [0.2, 0.25) is 0 Å². The summed E-state index contributed by atoms with van der Waals surface area (Å²) in [6, 6.07) is 22.3. The summed E-state index contributed by atoms with van der Waals surface area (Å²) in [5.41, 5.74) is 4.60. The molecule has 36 heavy (non-hydrogen) atoms. The van der Waals surface area contributed by atoms with Gasteiger partial charge in [-0.2, -0.15) is 5.10 Å². The molecular weight excluding hydrogens is 474 g/mol. The van der Waals surface area contributed by atoms with Gasteiger partial charge >= 0.3 is 6.03 Å². The summed E-state index contributed by atoms with van der Waals surface area (Å²) in [7, 11) is 3.33. The Bertz CT molecular complexity index is 1340. The summed E-state index contributed by atoms with van der Waals surface area (Å²) in [4.78, 5) is 13.6. The van der Waals surface area contributed by atoms with Crippen LogP contribution in [0.5, 0.6) is 11.5 Å². The minimum atomic E-state index is -0.313. The molecule has 0 radical (unpaired) electrons. The zero-order valence-corrected chi connectivity index (χ0v) is 21.0. The zero-order valence-electron chi connectivity index (χ0n) is 20.3. The lowest BCUT2D eigenvalue weighted by Crippen LogP contribution is -2.34. The van der Waals surface area contributed by atoms with Gasteiger partial charge in [0.25, 0.3) is 0 Å². The van der Waals surface area contributed by atoms with E-state index in [1.165, 1.54) is 0 Å². The minimum Gasteiger partial charge on any atom is -0.496 e. The van der Waals surface area contributed by atoms with Crippen molar-refractivity contribution in [3.63, 3.8) is 0 Å². The van der Waals surface area contributed by atoms with E-state index in [0.717, 1.165) is 53.2 Å². The van der Waals surface area contributed by atoms with Gasteiger partial charge in [-0.25, -0.2) is 9.80 Å². The van der Waals surface area contributed by atoms with Crippen LogP contribution in [0.2, 0.25) is 5.02 Å². The highest BCUT2D eigenvalue weighted by atomic mass is 35.5. The number of allylic oxidation sites excluding steroid dienone is 1. The molecular formula is C29H28ClN3O3. The van der Waals surface area contributed by atoms with Crippen molar-refractivity contribution in [2.45, 2.75) is 25.3 Å². The lowest BCUT2D eigenvalue weighted by molar-refractivity contribution is 0.186. The van der Waals surface area contributed by atoms with E-state index in [9.17, 15) is 4.79 Å². The SMILES string of the molecule is COc1ccccc1/C=C1/CCCC2C1=NN(C(=O)Nc1cccc(Cl)c1)C2c1ccccc1OC. The first kappa shape index (κ1) is 23.9. The van der Waals surface area contributed by atoms with E-state index in [1.807, 2.05) is 54.6 Å². The smallest absolute Gasteiger partial charge is 0.342 e. The molecule has 6 nitrogen and oxygen atoms in total. The molecule has 3 aromatic rings. The summed E-state index contributed by atoms with van der Waals surface area (Å²) in [5, 5.41) is 10.0. The number of anilines is 1. The van der Waals surface area contributed by atoms with Crippen molar-refractivity contribution in [3.8, 4) is 11.5 Å². The largest absolute Gasteiger partial charge is 0.496 e. The van der Waals surface area contributed by atoms with E-state index in [4.69, 9.17) is 26.2 Å². The number of benzene rings is 3. The summed E-state index contributed by atoms with van der Waals surface area (Å²) in [6.07, 6.45) is 4.95. The number of halogens is 1. The Balaban J connectivity index is 1.57. The number of hydrogen-bond donors (Lipinski definition) is 1. The number of nitrogens with zero attached hydrogens (tertiary/aromatic N) is 2. The highest BCUT2D eigenvalue weighted by molar-refractivity contribution is 6.30. The molecule has 0 bridgehead atoms. The molecule has 1 saturated carbocycles. The molecule has 0 aromatic heterocycles. The molecule has 1 fully saturated rings. The van der Waals surface area contributed by atoms with Crippen molar-refractivity contribution < 1.29 is 14.3 Å². The van der Waals surface area contributed by atoms with Crippen molar-refractivity contribution >= 4 is 35.1 Å². The highest BCUT2D eigenvalue weighted by Gasteiger charge is 2.45. The van der Waals surface area contributed by atoms with Crippen LogP contribution in [-0.4, -0.2) is 31.0 Å². The quantitative estimate of drug-likeness (QED) is 0.402. The van der Waals surface area contributed by atoms with Crippen LogP contribution in [0.4, 0.5) is 10.5 Å². The molecule has 7 heteroatoms. The second-order valence-corrected chi connectivity index (χ2v) is 9.30. The van der Waals surface area contributed by atoms with Crippen molar-refractivity contribution in [2.24, 2.45) is 11.0 Å². The second-order valence-electron chi connectivity index (χ2n) is 8.87. The number of hydrogen-bond acceptors (Lipinski definition) is 4. The Morgan fingerprint density at radius 3 is 2.56 bits per heavy atom. The third-order valence-electron chi connectivity index (χ3n) is 6.71. The number of amides is 2. The molecule has 3 aromatic carbocycles.